The average Bonchev–Trinajstić information content (AvgIpc) is 2.63. The number of ether oxygens (including phenoxy) is 1. The number of esters is 1. The second-order valence-electron chi connectivity index (χ2n) is 5.03. The van der Waals surface area contributed by atoms with Crippen molar-refractivity contribution < 1.29 is 29.0 Å². The number of nitrogens with one attached hydrogen (secondary N) is 3. The number of nitrogens with zero attached hydrogens (tertiary/aromatic N) is 1. The van der Waals surface area contributed by atoms with Gasteiger partial charge in [-0.05, 0) is 19.1 Å². The molecule has 0 spiro atoms. The molecule has 0 fully saturated rings. The lowest BCUT2D eigenvalue weighted by atomic mass is 10.1. The molecule has 4 N–H and O–H groups in total. The molecular formula is C16H20N4O6. The Balaban J connectivity index is 2.61. The van der Waals surface area contributed by atoms with E-state index in [2.05, 4.69) is 20.5 Å². The summed E-state index contributed by atoms with van der Waals surface area (Å²) in [5.74, 6) is -3.03. The molecule has 140 valence electrons. The van der Waals surface area contributed by atoms with E-state index in [0.717, 1.165) is 0 Å². The molecule has 0 atom stereocenters. The summed E-state index contributed by atoms with van der Waals surface area (Å²) in [4.78, 5) is 46.4. The van der Waals surface area contributed by atoms with Crippen LogP contribution in [0.1, 0.15) is 23.7 Å². The molecule has 0 aliphatic rings. The molecule has 1 rings (SSSR count). The van der Waals surface area contributed by atoms with Gasteiger partial charge in [-0.3, -0.25) is 14.4 Å². The van der Waals surface area contributed by atoms with E-state index in [0.29, 0.717) is 0 Å². The number of benzene rings is 1. The topological polar surface area (TPSA) is 146 Å². The molecule has 0 radical (unpaired) electrons. The van der Waals surface area contributed by atoms with Crippen LogP contribution in [0.15, 0.2) is 29.4 Å². The summed E-state index contributed by atoms with van der Waals surface area (Å²) in [6.45, 7) is 1.13. The van der Waals surface area contributed by atoms with E-state index in [9.17, 15) is 19.2 Å². The third-order valence-corrected chi connectivity index (χ3v) is 2.97. The van der Waals surface area contributed by atoms with Crippen molar-refractivity contribution in [3.63, 3.8) is 0 Å². The van der Waals surface area contributed by atoms with Crippen LogP contribution >= 0.6 is 0 Å². The monoisotopic (exact) mass is 364 g/mol. The number of aliphatic hydroxyl groups excluding tert-OH is 1. The quantitative estimate of drug-likeness (QED) is 0.220. The zero-order chi connectivity index (χ0) is 19.5. The number of aliphatic hydroxyl groups is 1. The predicted molar refractivity (Wildman–Crippen MR) is 92.4 cm³/mol. The van der Waals surface area contributed by atoms with E-state index in [-0.39, 0.29) is 36.5 Å². The van der Waals surface area contributed by atoms with E-state index in [1.807, 2.05) is 5.43 Å². The Hall–Kier alpha value is -3.27. The molecule has 1 aromatic rings. The van der Waals surface area contributed by atoms with Crippen molar-refractivity contribution in [2.24, 2.45) is 5.10 Å². The number of carbonyl (C=O) groups is 4. The van der Waals surface area contributed by atoms with Crippen molar-refractivity contribution in [2.45, 2.75) is 13.3 Å². The average molecular weight is 364 g/mol. The summed E-state index contributed by atoms with van der Waals surface area (Å²) < 4.78 is 4.64. The molecule has 0 aliphatic carbocycles. The number of hydrogen-bond acceptors (Lipinski definition) is 7. The second-order valence-corrected chi connectivity index (χ2v) is 5.03. The summed E-state index contributed by atoms with van der Waals surface area (Å²) in [5.41, 5.74) is 2.72. The lowest BCUT2D eigenvalue weighted by Crippen LogP contribution is -2.39. The Morgan fingerprint density at radius 1 is 1.15 bits per heavy atom. The standard InChI is InChI=1S/C16H20N4O6/c1-10(19-20-15(24)14(23)17-7-8-21)9-13(22)18-12-6-4-3-5-11(12)16(25)26-2/h3-6,21H,7-9H2,1-2H3,(H,17,23)(H,18,22)(H,20,24)/b19-10+. The summed E-state index contributed by atoms with van der Waals surface area (Å²) in [5, 5.41) is 16.9. The third-order valence-electron chi connectivity index (χ3n) is 2.97. The first-order valence-electron chi connectivity index (χ1n) is 7.58. The first-order chi connectivity index (χ1) is 12.4. The van der Waals surface area contributed by atoms with Crippen molar-refractivity contribution in [3.8, 4) is 0 Å². The molecule has 0 saturated carbocycles. The molecule has 0 unspecified atom stereocenters. The van der Waals surface area contributed by atoms with Gasteiger partial charge in [-0.2, -0.15) is 5.10 Å². The number of hydrazone groups is 1. The van der Waals surface area contributed by atoms with Gasteiger partial charge in [0, 0.05) is 12.3 Å². The summed E-state index contributed by atoms with van der Waals surface area (Å²) >= 11 is 0. The van der Waals surface area contributed by atoms with Gasteiger partial charge in [0.2, 0.25) is 5.91 Å². The number of anilines is 1. The number of amides is 3. The van der Waals surface area contributed by atoms with Crippen molar-refractivity contribution in [2.75, 3.05) is 25.6 Å². The van der Waals surface area contributed by atoms with Crippen molar-refractivity contribution in [1.29, 1.82) is 0 Å². The van der Waals surface area contributed by atoms with Crippen LogP contribution in [-0.4, -0.2) is 54.8 Å². The predicted octanol–water partition coefficient (Wildman–Crippen LogP) is -0.598. The minimum atomic E-state index is -1.02. The minimum absolute atomic E-state index is 0.0586. The van der Waals surface area contributed by atoms with Crippen LogP contribution in [0.4, 0.5) is 5.69 Å². The summed E-state index contributed by atoms with van der Waals surface area (Å²) in [6, 6.07) is 6.33. The maximum Gasteiger partial charge on any atom is 0.339 e. The molecular weight excluding hydrogens is 344 g/mol. The molecule has 26 heavy (non-hydrogen) atoms. The normalized spacial score (nSPS) is 10.7. The molecule has 0 aromatic heterocycles. The van der Waals surface area contributed by atoms with Gasteiger partial charge >= 0.3 is 17.8 Å². The highest BCUT2D eigenvalue weighted by Gasteiger charge is 2.15. The number of para-hydroxylation sites is 1. The summed E-state index contributed by atoms with van der Waals surface area (Å²) in [7, 11) is 1.23. The van der Waals surface area contributed by atoms with Crippen LogP contribution in [0, 0.1) is 0 Å². The fraction of sp³-hybridized carbons (Fsp3) is 0.312. The second kappa shape index (κ2) is 10.6. The molecule has 0 aliphatic heterocycles. The molecule has 10 heteroatoms. The van der Waals surface area contributed by atoms with Crippen molar-refractivity contribution in [1.82, 2.24) is 10.7 Å². The molecule has 3 amide bonds. The van der Waals surface area contributed by atoms with E-state index >= 15 is 0 Å². The Morgan fingerprint density at radius 3 is 2.50 bits per heavy atom. The van der Waals surface area contributed by atoms with Gasteiger partial charge in [0.15, 0.2) is 0 Å². The largest absolute Gasteiger partial charge is 0.465 e. The fourth-order valence-corrected chi connectivity index (χ4v) is 1.79. The lowest BCUT2D eigenvalue weighted by Gasteiger charge is -2.09. The van der Waals surface area contributed by atoms with Gasteiger partial charge in [-0.1, -0.05) is 12.1 Å². The van der Waals surface area contributed by atoms with Crippen LogP contribution in [0.25, 0.3) is 0 Å². The van der Waals surface area contributed by atoms with Crippen LogP contribution in [0.5, 0.6) is 0 Å². The van der Waals surface area contributed by atoms with Gasteiger partial charge in [0.05, 0.1) is 31.4 Å². The van der Waals surface area contributed by atoms with E-state index in [1.54, 1.807) is 18.2 Å². The molecule has 1 aromatic carbocycles. The van der Waals surface area contributed by atoms with Crippen molar-refractivity contribution in [3.05, 3.63) is 29.8 Å². The Bertz CT molecular complexity index is 716. The third kappa shape index (κ3) is 6.69. The van der Waals surface area contributed by atoms with Crippen LogP contribution in [-0.2, 0) is 19.1 Å². The Kier molecular flexibility index (Phi) is 8.44. The zero-order valence-corrected chi connectivity index (χ0v) is 14.4. The molecule has 0 bridgehead atoms. The lowest BCUT2D eigenvalue weighted by molar-refractivity contribution is -0.139. The highest BCUT2D eigenvalue weighted by atomic mass is 16.5. The van der Waals surface area contributed by atoms with Crippen LogP contribution in [0.3, 0.4) is 0 Å². The molecule has 0 saturated heterocycles. The number of methoxy groups -OCH3 is 1. The van der Waals surface area contributed by atoms with Gasteiger partial charge in [0.1, 0.15) is 0 Å². The smallest absolute Gasteiger partial charge is 0.339 e. The fourth-order valence-electron chi connectivity index (χ4n) is 1.79. The molecule has 0 heterocycles. The number of rotatable bonds is 7. The summed E-state index contributed by atoms with van der Waals surface area (Å²) in [6.07, 6.45) is -0.173. The first kappa shape index (κ1) is 20.8. The SMILES string of the molecule is COC(=O)c1ccccc1NC(=O)C/C(C)=N/NC(=O)C(=O)NCCO. The Labute approximate surface area is 149 Å². The minimum Gasteiger partial charge on any atom is -0.465 e. The first-order valence-corrected chi connectivity index (χ1v) is 7.58. The zero-order valence-electron chi connectivity index (χ0n) is 14.4. The van der Waals surface area contributed by atoms with Gasteiger partial charge in [0.25, 0.3) is 0 Å². The van der Waals surface area contributed by atoms with Crippen LogP contribution in [0.2, 0.25) is 0 Å². The van der Waals surface area contributed by atoms with E-state index in [1.165, 1.54) is 20.1 Å². The number of carbonyl (C=O) groups excluding carboxylic acids is 4. The maximum absolute atomic E-state index is 12.0. The maximum atomic E-state index is 12.0. The van der Waals surface area contributed by atoms with Crippen molar-refractivity contribution >= 4 is 35.1 Å². The Morgan fingerprint density at radius 2 is 1.85 bits per heavy atom. The van der Waals surface area contributed by atoms with E-state index < -0.39 is 23.7 Å². The van der Waals surface area contributed by atoms with Crippen LogP contribution < -0.4 is 16.1 Å². The van der Waals surface area contributed by atoms with E-state index in [4.69, 9.17) is 5.11 Å². The highest BCUT2D eigenvalue weighted by Crippen LogP contribution is 2.16. The van der Waals surface area contributed by atoms with Gasteiger partial charge in [-0.25, -0.2) is 10.2 Å². The molecule has 10 nitrogen and oxygen atoms in total. The number of hydrogen-bond donors (Lipinski definition) is 4. The van der Waals surface area contributed by atoms with Gasteiger partial charge < -0.3 is 20.5 Å². The highest BCUT2D eigenvalue weighted by molar-refractivity contribution is 6.35. The van der Waals surface area contributed by atoms with Gasteiger partial charge in [-0.15, -0.1) is 0 Å².